The monoisotopic (exact) mass is 317 g/mol. The topological polar surface area (TPSA) is 53.7 Å². The quantitative estimate of drug-likeness (QED) is 0.628. The highest BCUT2D eigenvalue weighted by Gasteiger charge is 2.12. The molecule has 5 heteroatoms. The van der Waals surface area contributed by atoms with Crippen LogP contribution in [0, 0.1) is 6.92 Å². The standard InChI is InChI=1S/C17H19NO3S/c1-12-5-3-6-13(11-12)20-9-10-21-16-14(17(18)22)7-4-8-15(16)19-2/h3-8,11H,9-10H2,1-2H3,(H2,18,22). The SMILES string of the molecule is COc1cccc(C(N)=S)c1OCCOc1cccc(C)c1. The van der Waals surface area contributed by atoms with Gasteiger partial charge < -0.3 is 19.9 Å². The highest BCUT2D eigenvalue weighted by atomic mass is 32.1. The number of ether oxygens (including phenoxy) is 3. The second-order valence-electron chi connectivity index (χ2n) is 4.71. The molecule has 0 aromatic heterocycles. The van der Waals surface area contributed by atoms with E-state index < -0.39 is 0 Å². The second-order valence-corrected chi connectivity index (χ2v) is 5.15. The van der Waals surface area contributed by atoms with Crippen molar-refractivity contribution in [3.8, 4) is 17.2 Å². The smallest absolute Gasteiger partial charge is 0.171 e. The first-order valence-corrected chi connectivity index (χ1v) is 7.31. The Morgan fingerprint density at radius 1 is 1.09 bits per heavy atom. The Morgan fingerprint density at radius 3 is 2.50 bits per heavy atom. The van der Waals surface area contributed by atoms with E-state index in [0.717, 1.165) is 11.3 Å². The Bertz CT molecular complexity index is 658. The van der Waals surface area contributed by atoms with Gasteiger partial charge in [0.1, 0.15) is 24.0 Å². The summed E-state index contributed by atoms with van der Waals surface area (Å²) in [5.74, 6) is 1.96. The summed E-state index contributed by atoms with van der Waals surface area (Å²) in [6, 6.07) is 13.3. The fourth-order valence-corrected chi connectivity index (χ4v) is 2.19. The maximum absolute atomic E-state index is 5.75. The maximum atomic E-state index is 5.75. The number of benzene rings is 2. The molecule has 0 atom stereocenters. The van der Waals surface area contributed by atoms with Crippen LogP contribution in [0.4, 0.5) is 0 Å². The molecule has 4 nitrogen and oxygen atoms in total. The predicted molar refractivity (Wildman–Crippen MR) is 91.1 cm³/mol. The maximum Gasteiger partial charge on any atom is 0.171 e. The molecule has 0 spiro atoms. The lowest BCUT2D eigenvalue weighted by atomic mass is 10.2. The van der Waals surface area contributed by atoms with Gasteiger partial charge >= 0.3 is 0 Å². The van der Waals surface area contributed by atoms with Crippen LogP contribution in [0.15, 0.2) is 42.5 Å². The lowest BCUT2D eigenvalue weighted by Gasteiger charge is -2.14. The minimum Gasteiger partial charge on any atom is -0.493 e. The molecule has 0 fully saturated rings. The highest BCUT2D eigenvalue weighted by Crippen LogP contribution is 2.31. The van der Waals surface area contributed by atoms with E-state index in [2.05, 4.69) is 0 Å². The molecule has 2 aromatic carbocycles. The van der Waals surface area contributed by atoms with Crippen LogP contribution in [0.5, 0.6) is 17.2 Å². The van der Waals surface area contributed by atoms with Crippen LogP contribution in [-0.4, -0.2) is 25.3 Å². The second kappa shape index (κ2) is 7.66. The average Bonchev–Trinajstić information content (AvgIpc) is 2.51. The van der Waals surface area contributed by atoms with Gasteiger partial charge in [0.15, 0.2) is 11.5 Å². The van der Waals surface area contributed by atoms with Crippen molar-refractivity contribution in [3.05, 3.63) is 53.6 Å². The van der Waals surface area contributed by atoms with Crippen molar-refractivity contribution in [2.24, 2.45) is 5.73 Å². The molecular formula is C17H19NO3S. The van der Waals surface area contributed by atoms with Gasteiger partial charge in [-0.1, -0.05) is 30.4 Å². The van der Waals surface area contributed by atoms with E-state index >= 15 is 0 Å². The molecular weight excluding hydrogens is 298 g/mol. The summed E-state index contributed by atoms with van der Waals surface area (Å²) in [5.41, 5.74) is 7.52. The van der Waals surface area contributed by atoms with Gasteiger partial charge in [0, 0.05) is 0 Å². The van der Waals surface area contributed by atoms with Crippen molar-refractivity contribution in [2.45, 2.75) is 6.92 Å². The molecule has 0 saturated carbocycles. The Morgan fingerprint density at radius 2 is 1.82 bits per heavy atom. The third kappa shape index (κ3) is 4.11. The van der Waals surface area contributed by atoms with E-state index in [4.69, 9.17) is 32.2 Å². The van der Waals surface area contributed by atoms with Gasteiger partial charge in [0.05, 0.1) is 12.7 Å². The van der Waals surface area contributed by atoms with Crippen LogP contribution in [-0.2, 0) is 0 Å². The van der Waals surface area contributed by atoms with E-state index in [1.807, 2.05) is 43.3 Å². The normalized spacial score (nSPS) is 10.1. The predicted octanol–water partition coefficient (Wildman–Crippen LogP) is 3.10. The van der Waals surface area contributed by atoms with E-state index in [-0.39, 0.29) is 4.99 Å². The lowest BCUT2D eigenvalue weighted by molar-refractivity contribution is 0.211. The van der Waals surface area contributed by atoms with Crippen molar-refractivity contribution in [3.63, 3.8) is 0 Å². The number of rotatable bonds is 7. The van der Waals surface area contributed by atoms with Crippen molar-refractivity contribution < 1.29 is 14.2 Å². The number of methoxy groups -OCH3 is 1. The number of hydrogen-bond acceptors (Lipinski definition) is 4. The van der Waals surface area contributed by atoms with Gasteiger partial charge in [0.25, 0.3) is 0 Å². The molecule has 0 aliphatic heterocycles. The molecule has 0 radical (unpaired) electrons. The summed E-state index contributed by atoms with van der Waals surface area (Å²) >= 11 is 5.04. The summed E-state index contributed by atoms with van der Waals surface area (Å²) in [5, 5.41) is 0. The number of para-hydroxylation sites is 1. The zero-order valence-electron chi connectivity index (χ0n) is 12.7. The minimum absolute atomic E-state index is 0.272. The van der Waals surface area contributed by atoms with Gasteiger partial charge in [-0.05, 0) is 36.8 Å². The van der Waals surface area contributed by atoms with Crippen LogP contribution in [0.25, 0.3) is 0 Å². The van der Waals surface area contributed by atoms with Gasteiger partial charge in [-0.2, -0.15) is 0 Å². The molecule has 0 aliphatic rings. The molecule has 2 rings (SSSR count). The van der Waals surface area contributed by atoms with E-state index in [1.54, 1.807) is 13.2 Å². The number of nitrogens with two attached hydrogens (primary N) is 1. The molecule has 116 valence electrons. The van der Waals surface area contributed by atoms with Gasteiger partial charge in [-0.25, -0.2) is 0 Å². The van der Waals surface area contributed by atoms with Crippen molar-refractivity contribution in [1.29, 1.82) is 0 Å². The van der Waals surface area contributed by atoms with E-state index in [9.17, 15) is 0 Å². The number of hydrogen-bond donors (Lipinski definition) is 1. The summed E-state index contributed by atoms with van der Waals surface area (Å²) in [7, 11) is 1.58. The lowest BCUT2D eigenvalue weighted by Crippen LogP contribution is -2.15. The first-order chi connectivity index (χ1) is 10.6. The zero-order chi connectivity index (χ0) is 15.9. The summed E-state index contributed by atoms with van der Waals surface area (Å²) in [6.07, 6.45) is 0. The van der Waals surface area contributed by atoms with Crippen molar-refractivity contribution in [1.82, 2.24) is 0 Å². The summed E-state index contributed by atoms with van der Waals surface area (Å²) in [6.45, 7) is 2.80. The summed E-state index contributed by atoms with van der Waals surface area (Å²) in [4.78, 5) is 0.272. The summed E-state index contributed by atoms with van der Waals surface area (Å²) < 4.78 is 16.7. The van der Waals surface area contributed by atoms with Gasteiger partial charge in [-0.3, -0.25) is 0 Å². The third-order valence-corrected chi connectivity index (χ3v) is 3.27. The fraction of sp³-hybridized carbons (Fsp3) is 0.235. The van der Waals surface area contributed by atoms with Crippen LogP contribution in [0.1, 0.15) is 11.1 Å². The van der Waals surface area contributed by atoms with Crippen LogP contribution < -0.4 is 19.9 Å². The molecule has 0 aliphatic carbocycles. The third-order valence-electron chi connectivity index (χ3n) is 3.05. The molecule has 0 bridgehead atoms. The molecule has 2 aromatic rings. The van der Waals surface area contributed by atoms with Crippen LogP contribution >= 0.6 is 12.2 Å². The molecule has 0 unspecified atom stereocenters. The van der Waals surface area contributed by atoms with E-state index in [0.29, 0.717) is 30.3 Å². The first-order valence-electron chi connectivity index (χ1n) is 6.91. The van der Waals surface area contributed by atoms with Crippen LogP contribution in [0.2, 0.25) is 0 Å². The Kier molecular flexibility index (Phi) is 5.61. The fourth-order valence-electron chi connectivity index (χ4n) is 2.03. The highest BCUT2D eigenvalue weighted by molar-refractivity contribution is 7.80. The molecule has 2 N–H and O–H groups in total. The van der Waals surface area contributed by atoms with Crippen LogP contribution in [0.3, 0.4) is 0 Å². The Labute approximate surface area is 135 Å². The number of thiocarbonyl (C=S) groups is 1. The Hall–Kier alpha value is -2.27. The average molecular weight is 317 g/mol. The largest absolute Gasteiger partial charge is 0.493 e. The number of aryl methyl sites for hydroxylation is 1. The molecule has 0 saturated heterocycles. The zero-order valence-corrected chi connectivity index (χ0v) is 13.5. The molecule has 0 amide bonds. The van der Waals surface area contributed by atoms with Crippen molar-refractivity contribution >= 4 is 17.2 Å². The molecule has 22 heavy (non-hydrogen) atoms. The van der Waals surface area contributed by atoms with E-state index in [1.165, 1.54) is 0 Å². The minimum atomic E-state index is 0.272. The molecule has 0 heterocycles. The Balaban J connectivity index is 1.98. The van der Waals surface area contributed by atoms with Gasteiger partial charge in [0.2, 0.25) is 0 Å². The first kappa shape index (κ1) is 16.1. The van der Waals surface area contributed by atoms with Crippen molar-refractivity contribution in [2.75, 3.05) is 20.3 Å². The van der Waals surface area contributed by atoms with Gasteiger partial charge in [-0.15, -0.1) is 0 Å².